The third-order valence-electron chi connectivity index (χ3n) is 5.12. The molecule has 0 saturated carbocycles. The number of rotatable bonds is 7. The molecule has 2 aromatic rings. The molecule has 0 radical (unpaired) electrons. The molecule has 5 nitrogen and oxygen atoms in total. The van der Waals surface area contributed by atoms with Crippen LogP contribution in [-0.4, -0.2) is 54.6 Å². The lowest BCUT2D eigenvalue weighted by Crippen LogP contribution is -2.37. The van der Waals surface area contributed by atoms with E-state index in [0.29, 0.717) is 31.6 Å². The smallest absolute Gasteiger partial charge is 0.270 e. The summed E-state index contributed by atoms with van der Waals surface area (Å²) in [6, 6.07) is 12.7. The molecule has 0 bridgehead atoms. The second kappa shape index (κ2) is 11.0. The Bertz CT molecular complexity index is 1020. The zero-order valence-corrected chi connectivity index (χ0v) is 20.4. The van der Waals surface area contributed by atoms with E-state index in [9.17, 15) is 4.79 Å². The topological polar surface area (TPSA) is 42.0 Å². The van der Waals surface area contributed by atoms with Gasteiger partial charge in [-0.25, -0.2) is 0 Å². The minimum Gasteiger partial charge on any atom is -0.494 e. The lowest BCUT2D eigenvalue weighted by molar-refractivity contribution is -0.113. The number of carbonyl (C=O) groups is 1. The molecule has 32 heavy (non-hydrogen) atoms. The summed E-state index contributed by atoms with van der Waals surface area (Å²) in [5.41, 5.74) is 1.51. The number of thioether (sulfide) groups is 1. The number of hydrogen-bond donors (Lipinski definition) is 0. The Morgan fingerprint density at radius 1 is 1.09 bits per heavy atom. The highest BCUT2D eigenvalue weighted by Crippen LogP contribution is 2.37. The minimum atomic E-state index is -0.162. The molecule has 4 rings (SSSR count). The van der Waals surface area contributed by atoms with Crippen LogP contribution in [0.15, 0.2) is 47.4 Å². The molecular formula is C23H22Cl2N2O3S2. The third-order valence-corrected chi connectivity index (χ3v) is 7.16. The van der Waals surface area contributed by atoms with E-state index in [4.69, 9.17) is 44.9 Å². The van der Waals surface area contributed by atoms with Crippen LogP contribution in [0.4, 0.5) is 5.69 Å². The van der Waals surface area contributed by atoms with Crippen LogP contribution in [0.1, 0.15) is 12.0 Å². The monoisotopic (exact) mass is 508 g/mol. The number of hydrogen-bond acceptors (Lipinski definition) is 6. The van der Waals surface area contributed by atoms with Gasteiger partial charge in [0.25, 0.3) is 5.91 Å². The van der Waals surface area contributed by atoms with Crippen LogP contribution in [0.2, 0.25) is 10.0 Å². The van der Waals surface area contributed by atoms with Crippen LogP contribution in [0.25, 0.3) is 6.08 Å². The molecular weight excluding hydrogens is 487 g/mol. The van der Waals surface area contributed by atoms with Crippen LogP contribution < -0.4 is 9.64 Å². The van der Waals surface area contributed by atoms with E-state index < -0.39 is 0 Å². The first-order valence-corrected chi connectivity index (χ1v) is 12.3. The normalized spacial score (nSPS) is 18.6. The van der Waals surface area contributed by atoms with Gasteiger partial charge in [-0.1, -0.05) is 53.2 Å². The maximum atomic E-state index is 13.0. The van der Waals surface area contributed by atoms with E-state index >= 15 is 0 Å². The molecule has 0 N–H and O–H groups in total. The average molecular weight is 509 g/mol. The maximum Gasteiger partial charge on any atom is 0.270 e. The second-order valence-electron chi connectivity index (χ2n) is 7.34. The molecule has 0 atom stereocenters. The number of nitrogens with zero attached hydrogens (tertiary/aromatic N) is 2. The number of amides is 1. The molecule has 9 heteroatoms. The zero-order chi connectivity index (χ0) is 22.5. The fourth-order valence-electron chi connectivity index (χ4n) is 3.44. The van der Waals surface area contributed by atoms with Crippen molar-refractivity contribution in [2.24, 2.45) is 0 Å². The fourth-order valence-corrected chi connectivity index (χ4v) is 5.04. The first-order valence-electron chi connectivity index (χ1n) is 10.3. The predicted molar refractivity (Wildman–Crippen MR) is 136 cm³/mol. The molecule has 0 aromatic heterocycles. The largest absolute Gasteiger partial charge is 0.494 e. The summed E-state index contributed by atoms with van der Waals surface area (Å²) in [5, 5.41) is 0.913. The van der Waals surface area contributed by atoms with E-state index in [1.54, 1.807) is 18.2 Å². The summed E-state index contributed by atoms with van der Waals surface area (Å²) in [5.74, 6) is 0.609. The maximum absolute atomic E-state index is 13.0. The van der Waals surface area contributed by atoms with E-state index in [1.165, 1.54) is 16.7 Å². The van der Waals surface area contributed by atoms with Crippen LogP contribution in [0.3, 0.4) is 0 Å². The molecule has 2 heterocycles. The lowest BCUT2D eigenvalue weighted by atomic mass is 10.2. The molecule has 2 fully saturated rings. The Morgan fingerprint density at radius 2 is 1.84 bits per heavy atom. The van der Waals surface area contributed by atoms with E-state index in [0.717, 1.165) is 50.6 Å². The first kappa shape index (κ1) is 23.5. The van der Waals surface area contributed by atoms with Gasteiger partial charge in [-0.05, 0) is 54.5 Å². The van der Waals surface area contributed by atoms with Gasteiger partial charge in [-0.2, -0.15) is 0 Å². The Morgan fingerprint density at radius 3 is 2.56 bits per heavy atom. The lowest BCUT2D eigenvalue weighted by Gasteiger charge is -2.26. The first-order chi connectivity index (χ1) is 15.5. The second-order valence-corrected chi connectivity index (χ2v) is 9.83. The zero-order valence-electron chi connectivity index (χ0n) is 17.3. The number of thiocarbonyl (C=S) groups is 1. The molecule has 2 aliphatic rings. The highest BCUT2D eigenvalue weighted by molar-refractivity contribution is 8.27. The standard InChI is InChI=1S/C23H22Cl2N2O3S2/c24-19-7-2-16(14-20(19)25)15-21-22(28)27(23(31)32-21)17-3-5-18(6-4-17)30-11-1-8-26-9-12-29-13-10-26/h2-7,14-15H,1,8-13H2. The molecule has 1 amide bonds. The van der Waals surface area contributed by atoms with Gasteiger partial charge in [0.2, 0.25) is 0 Å². The molecule has 0 aliphatic carbocycles. The fraction of sp³-hybridized carbons (Fsp3) is 0.304. The highest BCUT2D eigenvalue weighted by Gasteiger charge is 2.33. The summed E-state index contributed by atoms with van der Waals surface area (Å²) in [4.78, 5) is 17.4. The molecule has 0 unspecified atom stereocenters. The van der Waals surface area contributed by atoms with Crippen molar-refractivity contribution in [3.05, 3.63) is 63.0 Å². The number of benzene rings is 2. The number of carbonyl (C=O) groups excluding carboxylic acids is 1. The summed E-state index contributed by atoms with van der Waals surface area (Å²) in [7, 11) is 0. The van der Waals surface area contributed by atoms with Crippen molar-refractivity contribution in [2.75, 3.05) is 44.4 Å². The van der Waals surface area contributed by atoms with Crippen LogP contribution in [0.5, 0.6) is 5.75 Å². The minimum absolute atomic E-state index is 0.162. The summed E-state index contributed by atoms with van der Waals surface area (Å²) in [6.45, 7) is 5.23. The van der Waals surface area contributed by atoms with Gasteiger partial charge in [0, 0.05) is 19.6 Å². The van der Waals surface area contributed by atoms with Gasteiger partial charge in [-0.15, -0.1) is 0 Å². The van der Waals surface area contributed by atoms with Crippen molar-refractivity contribution in [2.45, 2.75) is 6.42 Å². The average Bonchev–Trinajstić information content (AvgIpc) is 3.08. The molecule has 0 spiro atoms. The highest BCUT2D eigenvalue weighted by atomic mass is 35.5. The SMILES string of the molecule is O=C1C(=Cc2ccc(Cl)c(Cl)c2)SC(=S)N1c1ccc(OCCCN2CCOCC2)cc1. The molecule has 2 saturated heterocycles. The summed E-state index contributed by atoms with van der Waals surface area (Å²) in [6.07, 6.45) is 2.73. The van der Waals surface area contributed by atoms with Crippen molar-refractivity contribution in [1.82, 2.24) is 4.90 Å². The number of halogens is 2. The summed E-state index contributed by atoms with van der Waals surface area (Å²) < 4.78 is 11.7. The third kappa shape index (κ3) is 5.84. The van der Waals surface area contributed by atoms with Gasteiger partial charge >= 0.3 is 0 Å². The Kier molecular flexibility index (Phi) is 8.10. The molecule has 168 valence electrons. The van der Waals surface area contributed by atoms with Crippen molar-refractivity contribution >= 4 is 69.2 Å². The summed E-state index contributed by atoms with van der Waals surface area (Å²) >= 11 is 18.8. The predicted octanol–water partition coefficient (Wildman–Crippen LogP) is 5.50. The number of ether oxygens (including phenoxy) is 2. The van der Waals surface area contributed by atoms with Crippen LogP contribution in [-0.2, 0) is 9.53 Å². The van der Waals surface area contributed by atoms with Gasteiger partial charge in [0.15, 0.2) is 4.32 Å². The van der Waals surface area contributed by atoms with Gasteiger partial charge in [0.1, 0.15) is 5.75 Å². The Hall–Kier alpha value is -1.61. The number of anilines is 1. The van der Waals surface area contributed by atoms with Crippen molar-refractivity contribution in [1.29, 1.82) is 0 Å². The van der Waals surface area contributed by atoms with Crippen LogP contribution in [0, 0.1) is 0 Å². The Labute approximate surface area is 207 Å². The number of morpholine rings is 1. The van der Waals surface area contributed by atoms with E-state index in [1.807, 2.05) is 30.3 Å². The van der Waals surface area contributed by atoms with E-state index in [2.05, 4.69) is 4.90 Å². The molecule has 2 aromatic carbocycles. The van der Waals surface area contributed by atoms with Crippen LogP contribution >= 0.6 is 47.2 Å². The van der Waals surface area contributed by atoms with E-state index in [-0.39, 0.29) is 5.91 Å². The Balaban J connectivity index is 1.34. The van der Waals surface area contributed by atoms with Crippen molar-refractivity contribution in [3.63, 3.8) is 0 Å². The van der Waals surface area contributed by atoms with Gasteiger partial charge in [-0.3, -0.25) is 14.6 Å². The van der Waals surface area contributed by atoms with Gasteiger partial charge < -0.3 is 9.47 Å². The van der Waals surface area contributed by atoms with Gasteiger partial charge in [0.05, 0.1) is 40.5 Å². The molecule has 2 aliphatic heterocycles. The van der Waals surface area contributed by atoms with Crippen molar-refractivity contribution < 1.29 is 14.3 Å². The quantitative estimate of drug-likeness (QED) is 0.279. The van der Waals surface area contributed by atoms with Crippen molar-refractivity contribution in [3.8, 4) is 5.75 Å².